The van der Waals surface area contributed by atoms with Crippen LogP contribution in [0.4, 0.5) is 0 Å². The maximum absolute atomic E-state index is 4.66. The molecule has 6 nitrogen and oxygen atoms in total. The van der Waals surface area contributed by atoms with Crippen LogP contribution in [-0.4, -0.2) is 30.9 Å². The molecular weight excluding hydrogens is 488 g/mol. The second-order valence-corrected chi connectivity index (χ2v) is 8.69. The molecule has 0 bridgehead atoms. The van der Waals surface area contributed by atoms with Gasteiger partial charge >= 0.3 is 0 Å². The molecule has 0 fully saturated rings. The van der Waals surface area contributed by atoms with Gasteiger partial charge in [-0.25, -0.2) is 4.98 Å². The number of fused-ring (bicyclic) bond motifs is 1. The Morgan fingerprint density at radius 1 is 0.853 bits per heavy atom. The Labute approximate surface area is 211 Å². The molecule has 0 amide bonds. The lowest BCUT2D eigenvalue weighted by atomic mass is 9.90. The van der Waals surface area contributed by atoms with E-state index >= 15 is 0 Å². The van der Waals surface area contributed by atoms with Crippen molar-refractivity contribution in [2.45, 2.75) is 51.5 Å². The van der Waals surface area contributed by atoms with Crippen molar-refractivity contribution >= 4 is 17.0 Å². The zero-order chi connectivity index (χ0) is 22.3. The Morgan fingerprint density at radius 3 is 2.50 bits per heavy atom. The predicted octanol–water partition coefficient (Wildman–Crippen LogP) is 4.63. The lowest BCUT2D eigenvalue weighted by molar-refractivity contribution is 0.157. The molecule has 7 heteroatoms. The van der Waals surface area contributed by atoms with Crippen LogP contribution in [0.1, 0.15) is 40.3 Å². The molecule has 1 atom stereocenters. The van der Waals surface area contributed by atoms with Crippen LogP contribution in [0.5, 0.6) is 0 Å². The third-order valence-electron chi connectivity index (χ3n) is 6.35. The number of halogens is 1. The lowest BCUT2D eigenvalue weighted by Crippen LogP contribution is -2.39. The highest BCUT2D eigenvalue weighted by Gasteiger charge is 2.25. The highest BCUT2D eigenvalue weighted by Crippen LogP contribution is 2.25. The van der Waals surface area contributed by atoms with E-state index < -0.39 is 0 Å². The van der Waals surface area contributed by atoms with Crippen molar-refractivity contribution in [3.63, 3.8) is 0 Å². The van der Waals surface area contributed by atoms with Crippen molar-refractivity contribution in [1.82, 2.24) is 30.2 Å². The van der Waals surface area contributed by atoms with Crippen molar-refractivity contribution in [2.24, 2.45) is 0 Å². The molecule has 4 aromatic rings. The summed E-state index contributed by atoms with van der Waals surface area (Å²) in [6, 6.07) is 19.7. The average Bonchev–Trinajstić information content (AvgIpc) is 3.38. The first-order valence-electron chi connectivity index (χ1n) is 11.7. The van der Waals surface area contributed by atoms with E-state index in [2.05, 4.69) is 60.5 Å². The van der Waals surface area contributed by atoms with E-state index in [4.69, 9.17) is 0 Å². The Bertz CT molecular complexity index is 1130. The monoisotopic (exact) mass is 518 g/mol. The van der Waals surface area contributed by atoms with Crippen LogP contribution in [0.25, 0.3) is 0 Å². The average molecular weight is 519 g/mol. The van der Waals surface area contributed by atoms with Crippen LogP contribution in [-0.2, 0) is 39.0 Å². The number of aryl methyl sites for hydroxylation is 1. The van der Waals surface area contributed by atoms with Gasteiger partial charge in [0.05, 0.1) is 12.2 Å². The highest BCUT2D eigenvalue weighted by atomic mass is 79.9. The largest absolute Gasteiger partial charge is 0.348 e. The van der Waals surface area contributed by atoms with Crippen LogP contribution in [0.15, 0.2) is 79.4 Å². The van der Waals surface area contributed by atoms with Crippen LogP contribution in [0.2, 0.25) is 0 Å². The molecule has 3 aromatic heterocycles. The van der Waals surface area contributed by atoms with Gasteiger partial charge in [-0.2, -0.15) is 0 Å². The van der Waals surface area contributed by atoms with Crippen LogP contribution in [0.3, 0.4) is 0 Å². The van der Waals surface area contributed by atoms with E-state index in [1.807, 2.05) is 49.1 Å². The van der Waals surface area contributed by atoms with Crippen molar-refractivity contribution in [3.8, 4) is 0 Å². The normalized spacial score (nSPS) is 15.0. The molecule has 0 saturated carbocycles. The van der Waals surface area contributed by atoms with Gasteiger partial charge < -0.3 is 10.3 Å². The predicted molar refractivity (Wildman–Crippen MR) is 139 cm³/mol. The number of imidazole rings is 1. The zero-order valence-corrected chi connectivity index (χ0v) is 20.9. The molecule has 0 saturated heterocycles. The fourth-order valence-electron chi connectivity index (χ4n) is 4.57. The smallest absolute Gasteiger partial charge is 0.120 e. The van der Waals surface area contributed by atoms with Gasteiger partial charge in [0.15, 0.2) is 0 Å². The minimum Gasteiger partial charge on any atom is -0.348 e. The van der Waals surface area contributed by atoms with Gasteiger partial charge in [0.1, 0.15) is 5.82 Å². The van der Waals surface area contributed by atoms with Crippen molar-refractivity contribution < 1.29 is 0 Å². The fraction of sp³-hybridized carbons (Fsp3) is 0.296. The number of benzene rings is 1. The summed E-state index contributed by atoms with van der Waals surface area (Å²) in [5, 5.41) is 3.48. The summed E-state index contributed by atoms with van der Waals surface area (Å²) >= 11 is 0. The first-order chi connectivity index (χ1) is 16.3. The minimum absolute atomic E-state index is 0. The SMILES string of the molecule is Br.c1ccc(CNCc2ccc(CN(Cc3ncc[nH]3)C3CCc4cccnc4C3)cc2)nc1. The Kier molecular flexibility index (Phi) is 8.57. The molecule has 176 valence electrons. The Hall–Kier alpha value is -2.87. The van der Waals surface area contributed by atoms with E-state index in [9.17, 15) is 0 Å². The maximum Gasteiger partial charge on any atom is 0.120 e. The number of hydrogen-bond donors (Lipinski definition) is 2. The Morgan fingerprint density at radius 2 is 1.71 bits per heavy atom. The number of pyridine rings is 2. The number of aromatic nitrogens is 4. The van der Waals surface area contributed by atoms with Crippen LogP contribution >= 0.6 is 17.0 Å². The fourth-order valence-corrected chi connectivity index (χ4v) is 4.57. The van der Waals surface area contributed by atoms with Crippen molar-refractivity contribution in [1.29, 1.82) is 0 Å². The van der Waals surface area contributed by atoms with Crippen LogP contribution in [0, 0.1) is 0 Å². The van der Waals surface area contributed by atoms with Crippen LogP contribution < -0.4 is 5.32 Å². The standard InChI is InChI=1S/C27H30N6.BrH/c1-2-12-29-24(5-1)18-28-17-21-6-8-22(9-7-21)19-33(20-27-31-14-15-32-27)25-11-10-23-4-3-13-30-26(23)16-25;/h1-9,12-15,25,28H,10-11,16-20H2,(H,31,32);1H. The molecule has 1 aliphatic carbocycles. The van der Waals surface area contributed by atoms with E-state index in [1.54, 1.807) is 0 Å². The zero-order valence-electron chi connectivity index (χ0n) is 19.2. The summed E-state index contributed by atoms with van der Waals surface area (Å²) in [5.74, 6) is 1.01. The molecule has 1 unspecified atom stereocenters. The molecular formula is C27H31BrN6. The summed E-state index contributed by atoms with van der Waals surface area (Å²) < 4.78 is 0. The van der Waals surface area contributed by atoms with Gasteiger partial charge in [-0.3, -0.25) is 14.9 Å². The van der Waals surface area contributed by atoms with Crippen molar-refractivity contribution in [3.05, 3.63) is 113 Å². The number of H-pyrrole nitrogens is 1. The topological polar surface area (TPSA) is 69.7 Å². The molecule has 2 N–H and O–H groups in total. The molecule has 3 heterocycles. The number of hydrogen-bond acceptors (Lipinski definition) is 5. The number of rotatable bonds is 9. The van der Waals surface area contributed by atoms with Gasteiger partial charge in [0.25, 0.3) is 0 Å². The second-order valence-electron chi connectivity index (χ2n) is 8.69. The summed E-state index contributed by atoms with van der Waals surface area (Å²) in [4.78, 5) is 19.3. The summed E-state index contributed by atoms with van der Waals surface area (Å²) in [7, 11) is 0. The first-order valence-corrected chi connectivity index (χ1v) is 11.7. The lowest BCUT2D eigenvalue weighted by Gasteiger charge is -2.34. The first kappa shape index (κ1) is 24.3. The van der Waals surface area contributed by atoms with E-state index in [-0.39, 0.29) is 17.0 Å². The minimum atomic E-state index is 0. The number of aromatic amines is 1. The summed E-state index contributed by atoms with van der Waals surface area (Å²) in [6.07, 6.45) is 10.7. The summed E-state index contributed by atoms with van der Waals surface area (Å²) in [5.41, 5.74) is 6.30. The number of nitrogens with zero attached hydrogens (tertiary/aromatic N) is 4. The van der Waals surface area contributed by atoms with Gasteiger partial charge in [-0.1, -0.05) is 36.4 Å². The van der Waals surface area contributed by atoms with E-state index in [1.165, 1.54) is 22.4 Å². The molecule has 5 rings (SSSR count). The molecule has 1 aliphatic rings. The van der Waals surface area contributed by atoms with Gasteiger partial charge in [0.2, 0.25) is 0 Å². The molecule has 0 spiro atoms. The quantitative estimate of drug-likeness (QED) is 0.338. The molecule has 0 aliphatic heterocycles. The Balaban J connectivity index is 0.00000274. The van der Waals surface area contributed by atoms with Gasteiger partial charge in [-0.05, 0) is 47.7 Å². The third-order valence-corrected chi connectivity index (χ3v) is 6.35. The molecule has 34 heavy (non-hydrogen) atoms. The number of nitrogens with one attached hydrogen (secondary N) is 2. The van der Waals surface area contributed by atoms with Gasteiger partial charge in [-0.15, -0.1) is 17.0 Å². The molecule has 0 radical (unpaired) electrons. The van der Waals surface area contributed by atoms with Gasteiger partial charge in [0, 0.05) is 62.6 Å². The highest BCUT2D eigenvalue weighted by molar-refractivity contribution is 8.93. The van der Waals surface area contributed by atoms with E-state index in [0.29, 0.717) is 6.04 Å². The van der Waals surface area contributed by atoms with Crippen molar-refractivity contribution in [2.75, 3.05) is 0 Å². The summed E-state index contributed by atoms with van der Waals surface area (Å²) in [6.45, 7) is 3.32. The second kappa shape index (κ2) is 12.0. The third kappa shape index (κ3) is 6.38. The molecule has 1 aromatic carbocycles. The van der Waals surface area contributed by atoms with E-state index in [0.717, 1.165) is 57.0 Å². The maximum atomic E-state index is 4.66.